The van der Waals surface area contributed by atoms with E-state index in [0.717, 1.165) is 31.9 Å². The van der Waals surface area contributed by atoms with Gasteiger partial charge in [0.25, 0.3) is 5.91 Å². The van der Waals surface area contributed by atoms with Crippen molar-refractivity contribution in [3.8, 4) is 5.69 Å². The van der Waals surface area contributed by atoms with Crippen molar-refractivity contribution in [2.75, 3.05) is 6.54 Å². The number of benzene rings is 1. The minimum Gasteiger partial charge on any atom is -0.391 e. The Balaban J connectivity index is 1.82. The smallest absolute Gasteiger partial charge is 0.391 e. The zero-order valence-electron chi connectivity index (χ0n) is 14.3. The maximum Gasteiger partial charge on any atom is 0.434 e. The summed E-state index contributed by atoms with van der Waals surface area (Å²) in [5, 5.41) is 16.6. The Morgan fingerprint density at radius 3 is 2.52 bits per heavy atom. The monoisotopic (exact) mass is 401 g/mol. The van der Waals surface area contributed by atoms with Crippen LogP contribution in [0, 0.1) is 5.92 Å². The topological polar surface area (TPSA) is 67.2 Å². The second-order valence-electron chi connectivity index (χ2n) is 6.61. The van der Waals surface area contributed by atoms with Crippen molar-refractivity contribution < 1.29 is 23.1 Å². The minimum atomic E-state index is -4.78. The van der Waals surface area contributed by atoms with Crippen LogP contribution in [0.1, 0.15) is 41.7 Å². The number of carbonyl (C=O) groups excluding carboxylic acids is 1. The van der Waals surface area contributed by atoms with Gasteiger partial charge >= 0.3 is 6.18 Å². The molecule has 3 rings (SSSR count). The average Bonchev–Trinajstić information content (AvgIpc) is 3.29. The normalized spacial score (nSPS) is 16.5. The summed E-state index contributed by atoms with van der Waals surface area (Å²) < 4.78 is 41.5. The SMILES string of the molecule is O=C(NCC(O)C1CCCC1)c1cnn(-c2ccc(Cl)cc2)c1C(F)(F)F. The molecular formula is C18H19ClF3N3O2. The summed E-state index contributed by atoms with van der Waals surface area (Å²) in [6.07, 6.45) is -0.916. The van der Waals surface area contributed by atoms with Gasteiger partial charge < -0.3 is 10.4 Å². The lowest BCUT2D eigenvalue weighted by atomic mass is 10.0. The number of halogens is 4. The molecule has 146 valence electrons. The highest BCUT2D eigenvalue weighted by Crippen LogP contribution is 2.34. The zero-order chi connectivity index (χ0) is 19.6. The molecule has 1 heterocycles. The lowest BCUT2D eigenvalue weighted by Gasteiger charge is -2.18. The summed E-state index contributed by atoms with van der Waals surface area (Å²) in [5.41, 5.74) is -1.62. The summed E-state index contributed by atoms with van der Waals surface area (Å²) in [4.78, 5) is 12.3. The Morgan fingerprint density at radius 2 is 1.93 bits per heavy atom. The van der Waals surface area contributed by atoms with Crippen molar-refractivity contribution in [3.63, 3.8) is 0 Å². The number of hydrogen-bond donors (Lipinski definition) is 2. The van der Waals surface area contributed by atoms with Crippen LogP contribution in [0.25, 0.3) is 5.69 Å². The van der Waals surface area contributed by atoms with Gasteiger partial charge in [0.15, 0.2) is 5.69 Å². The molecule has 0 saturated heterocycles. The fraction of sp³-hybridized carbons (Fsp3) is 0.444. The molecule has 2 aromatic rings. The van der Waals surface area contributed by atoms with Gasteiger partial charge in [-0.05, 0) is 43.0 Å². The summed E-state index contributed by atoms with van der Waals surface area (Å²) in [6, 6.07) is 5.65. The van der Waals surface area contributed by atoms with E-state index in [0.29, 0.717) is 9.70 Å². The Kier molecular flexibility index (Phi) is 5.76. The van der Waals surface area contributed by atoms with Gasteiger partial charge in [0, 0.05) is 11.6 Å². The van der Waals surface area contributed by atoms with Gasteiger partial charge in [-0.3, -0.25) is 4.79 Å². The number of nitrogens with one attached hydrogen (secondary N) is 1. The number of aliphatic hydroxyl groups is 1. The fourth-order valence-corrected chi connectivity index (χ4v) is 3.49. The number of amides is 1. The quantitative estimate of drug-likeness (QED) is 0.800. The largest absolute Gasteiger partial charge is 0.434 e. The lowest BCUT2D eigenvalue weighted by Crippen LogP contribution is -2.36. The van der Waals surface area contributed by atoms with Crippen LogP contribution in [-0.4, -0.2) is 33.4 Å². The molecular weight excluding hydrogens is 383 g/mol. The highest BCUT2D eigenvalue weighted by atomic mass is 35.5. The van der Waals surface area contributed by atoms with Crippen LogP contribution in [0.4, 0.5) is 13.2 Å². The van der Waals surface area contributed by atoms with E-state index in [-0.39, 0.29) is 18.2 Å². The van der Waals surface area contributed by atoms with Crippen molar-refractivity contribution in [2.24, 2.45) is 5.92 Å². The molecule has 1 aromatic carbocycles. The van der Waals surface area contributed by atoms with E-state index in [1.165, 1.54) is 24.3 Å². The van der Waals surface area contributed by atoms with Crippen molar-refractivity contribution in [3.05, 3.63) is 46.7 Å². The maximum absolute atomic E-state index is 13.6. The van der Waals surface area contributed by atoms with Gasteiger partial charge in [0.1, 0.15) is 0 Å². The second-order valence-corrected chi connectivity index (χ2v) is 7.05. The second kappa shape index (κ2) is 7.90. The van der Waals surface area contributed by atoms with Crippen molar-refractivity contribution in [1.29, 1.82) is 0 Å². The molecule has 1 aliphatic carbocycles. The molecule has 9 heteroatoms. The zero-order valence-corrected chi connectivity index (χ0v) is 15.1. The van der Waals surface area contributed by atoms with Crippen LogP contribution in [0.3, 0.4) is 0 Å². The molecule has 1 aromatic heterocycles. The molecule has 2 N–H and O–H groups in total. The molecule has 1 amide bonds. The number of carbonyl (C=O) groups is 1. The molecule has 0 aliphatic heterocycles. The maximum atomic E-state index is 13.6. The third-order valence-corrected chi connectivity index (χ3v) is 5.02. The van der Waals surface area contributed by atoms with Crippen molar-refractivity contribution >= 4 is 17.5 Å². The Bertz CT molecular complexity index is 799. The molecule has 0 radical (unpaired) electrons. The van der Waals surface area contributed by atoms with E-state index in [2.05, 4.69) is 10.4 Å². The first-order chi connectivity index (χ1) is 12.8. The van der Waals surface area contributed by atoms with Gasteiger partial charge in [-0.25, -0.2) is 4.68 Å². The van der Waals surface area contributed by atoms with Crippen LogP contribution in [-0.2, 0) is 6.18 Å². The van der Waals surface area contributed by atoms with Gasteiger partial charge in [0.2, 0.25) is 0 Å². The number of hydrogen-bond acceptors (Lipinski definition) is 3. The summed E-state index contributed by atoms with van der Waals surface area (Å²) in [5.74, 6) is -0.844. The predicted molar refractivity (Wildman–Crippen MR) is 93.9 cm³/mol. The molecule has 1 saturated carbocycles. The number of aromatic nitrogens is 2. The van der Waals surface area contributed by atoms with E-state index in [1.54, 1.807) is 0 Å². The average molecular weight is 402 g/mol. The van der Waals surface area contributed by atoms with Crippen LogP contribution >= 0.6 is 11.6 Å². The van der Waals surface area contributed by atoms with Crippen LogP contribution in [0.5, 0.6) is 0 Å². The Morgan fingerprint density at radius 1 is 1.30 bits per heavy atom. The first kappa shape index (κ1) is 19.7. The molecule has 1 atom stereocenters. The number of nitrogens with zero attached hydrogens (tertiary/aromatic N) is 2. The van der Waals surface area contributed by atoms with E-state index in [9.17, 15) is 23.1 Å². The number of aliphatic hydroxyl groups excluding tert-OH is 1. The predicted octanol–water partition coefficient (Wildman–Crippen LogP) is 3.83. The Labute approximate surface area is 159 Å². The van der Waals surface area contributed by atoms with E-state index < -0.39 is 29.4 Å². The van der Waals surface area contributed by atoms with Crippen LogP contribution < -0.4 is 5.32 Å². The lowest BCUT2D eigenvalue weighted by molar-refractivity contribution is -0.143. The first-order valence-corrected chi connectivity index (χ1v) is 9.02. The van der Waals surface area contributed by atoms with E-state index in [1.807, 2.05) is 0 Å². The number of alkyl halides is 3. The van der Waals surface area contributed by atoms with Crippen molar-refractivity contribution in [1.82, 2.24) is 15.1 Å². The highest BCUT2D eigenvalue weighted by molar-refractivity contribution is 6.30. The van der Waals surface area contributed by atoms with E-state index >= 15 is 0 Å². The molecule has 27 heavy (non-hydrogen) atoms. The van der Waals surface area contributed by atoms with Gasteiger partial charge in [-0.15, -0.1) is 0 Å². The first-order valence-electron chi connectivity index (χ1n) is 8.65. The molecule has 1 unspecified atom stereocenters. The van der Waals surface area contributed by atoms with Gasteiger partial charge in [-0.2, -0.15) is 18.3 Å². The molecule has 0 spiro atoms. The summed E-state index contributed by atoms with van der Waals surface area (Å²) in [6.45, 7) is -0.0904. The molecule has 1 fully saturated rings. The third-order valence-electron chi connectivity index (χ3n) is 4.77. The van der Waals surface area contributed by atoms with Crippen molar-refractivity contribution in [2.45, 2.75) is 38.0 Å². The van der Waals surface area contributed by atoms with Gasteiger partial charge in [0.05, 0.1) is 23.6 Å². The third kappa shape index (κ3) is 4.44. The van der Waals surface area contributed by atoms with E-state index in [4.69, 9.17) is 11.6 Å². The highest BCUT2D eigenvalue weighted by Gasteiger charge is 2.40. The minimum absolute atomic E-state index is 0.0733. The summed E-state index contributed by atoms with van der Waals surface area (Å²) in [7, 11) is 0. The van der Waals surface area contributed by atoms with Crippen LogP contribution in [0.2, 0.25) is 5.02 Å². The summed E-state index contributed by atoms with van der Waals surface area (Å²) >= 11 is 5.77. The molecule has 5 nitrogen and oxygen atoms in total. The molecule has 1 aliphatic rings. The van der Waals surface area contributed by atoms with Gasteiger partial charge in [-0.1, -0.05) is 24.4 Å². The molecule has 0 bridgehead atoms. The standard InChI is InChI=1S/C18H19ClF3N3O2/c19-12-5-7-13(8-6-12)25-16(18(20,21)22)14(9-24-25)17(27)23-10-15(26)11-3-1-2-4-11/h5-9,11,15,26H,1-4,10H2,(H,23,27). The fourth-order valence-electron chi connectivity index (χ4n) is 3.37. The number of rotatable bonds is 5. The Hall–Kier alpha value is -2.06. The van der Waals surface area contributed by atoms with Crippen LogP contribution in [0.15, 0.2) is 30.5 Å².